The number of ether oxygens (including phenoxy) is 1. The number of rotatable bonds is 6. The van der Waals surface area contributed by atoms with Crippen molar-refractivity contribution in [1.29, 1.82) is 0 Å². The molecule has 0 bridgehead atoms. The highest BCUT2D eigenvalue weighted by Crippen LogP contribution is 2.32. The van der Waals surface area contributed by atoms with Crippen molar-refractivity contribution in [3.63, 3.8) is 0 Å². The molecule has 0 spiro atoms. The molecule has 0 N–H and O–H groups in total. The minimum Gasteiger partial charge on any atom is -0.367 e. The Bertz CT molecular complexity index is 356. The molecule has 1 heterocycles. The van der Waals surface area contributed by atoms with Gasteiger partial charge in [-0.2, -0.15) is 0 Å². The van der Waals surface area contributed by atoms with E-state index in [9.17, 15) is 4.79 Å². The second kappa shape index (κ2) is 5.94. The molecule has 90 valence electrons. The molecular formula is C12H17BrO2S. The first-order valence-corrected chi connectivity index (χ1v) is 7.20. The molecule has 0 amide bonds. The second-order valence-corrected chi connectivity index (χ2v) is 5.33. The summed E-state index contributed by atoms with van der Waals surface area (Å²) in [7, 11) is 0. The highest BCUT2D eigenvalue weighted by molar-refractivity contribution is 9.10. The van der Waals surface area contributed by atoms with Crippen LogP contribution in [0.5, 0.6) is 0 Å². The minimum atomic E-state index is -0.651. The molecule has 1 aromatic rings. The zero-order valence-electron chi connectivity index (χ0n) is 9.88. The fourth-order valence-electron chi connectivity index (χ4n) is 1.78. The lowest BCUT2D eigenvalue weighted by molar-refractivity contribution is -0.0248. The number of thiophene rings is 1. The molecule has 0 atom stereocenters. The Morgan fingerprint density at radius 3 is 2.44 bits per heavy atom. The van der Waals surface area contributed by atoms with E-state index in [0.29, 0.717) is 19.4 Å². The first-order valence-electron chi connectivity index (χ1n) is 5.53. The third-order valence-corrected chi connectivity index (χ3v) is 4.64. The smallest absolute Gasteiger partial charge is 0.205 e. The second-order valence-electron chi connectivity index (χ2n) is 3.56. The number of ketones is 1. The molecule has 0 fully saturated rings. The molecule has 0 saturated heterocycles. The Morgan fingerprint density at radius 2 is 2.06 bits per heavy atom. The maximum atomic E-state index is 12.5. The van der Waals surface area contributed by atoms with Gasteiger partial charge in [0.1, 0.15) is 5.60 Å². The first-order chi connectivity index (χ1) is 7.61. The molecule has 16 heavy (non-hydrogen) atoms. The van der Waals surface area contributed by atoms with Crippen LogP contribution in [0.2, 0.25) is 0 Å². The molecule has 0 saturated carbocycles. The lowest BCUT2D eigenvalue weighted by Gasteiger charge is -2.29. The van der Waals surface area contributed by atoms with Crippen LogP contribution in [0.1, 0.15) is 43.3 Å². The van der Waals surface area contributed by atoms with E-state index in [-0.39, 0.29) is 5.78 Å². The van der Waals surface area contributed by atoms with Gasteiger partial charge in [0.25, 0.3) is 0 Å². The number of carbonyl (C=O) groups is 1. The van der Waals surface area contributed by atoms with Crippen LogP contribution in [-0.2, 0) is 4.74 Å². The van der Waals surface area contributed by atoms with Crippen LogP contribution in [-0.4, -0.2) is 18.0 Å². The van der Waals surface area contributed by atoms with Gasteiger partial charge < -0.3 is 4.74 Å². The Balaban J connectivity index is 3.04. The van der Waals surface area contributed by atoms with Crippen LogP contribution >= 0.6 is 27.3 Å². The van der Waals surface area contributed by atoms with Crippen LogP contribution in [0.3, 0.4) is 0 Å². The molecule has 2 nitrogen and oxygen atoms in total. The summed E-state index contributed by atoms with van der Waals surface area (Å²) in [6, 6.07) is 1.90. The number of carbonyl (C=O) groups excluding carboxylic acids is 1. The summed E-state index contributed by atoms with van der Waals surface area (Å²) in [5.41, 5.74) is -0.651. The van der Waals surface area contributed by atoms with Crippen molar-refractivity contribution in [2.45, 2.75) is 39.2 Å². The fourth-order valence-corrected chi connectivity index (χ4v) is 3.36. The largest absolute Gasteiger partial charge is 0.367 e. The summed E-state index contributed by atoms with van der Waals surface area (Å²) in [6.07, 6.45) is 1.42. The van der Waals surface area contributed by atoms with Gasteiger partial charge in [-0.25, -0.2) is 0 Å². The number of hydrogen-bond acceptors (Lipinski definition) is 3. The van der Waals surface area contributed by atoms with Crippen molar-refractivity contribution in [3.05, 3.63) is 20.8 Å². The van der Waals surface area contributed by atoms with Gasteiger partial charge in [-0.3, -0.25) is 4.79 Å². The van der Waals surface area contributed by atoms with E-state index >= 15 is 0 Å². The van der Waals surface area contributed by atoms with Crippen molar-refractivity contribution in [2.75, 3.05) is 6.61 Å². The standard InChI is InChI=1S/C12H17BrO2S/c1-4-12(5-2,15-6-3)11(14)10-9(13)7-8-16-10/h7-8H,4-6H2,1-3H3. The molecule has 0 aliphatic rings. The molecule has 1 rings (SSSR count). The Morgan fingerprint density at radius 1 is 1.44 bits per heavy atom. The van der Waals surface area contributed by atoms with Crippen LogP contribution in [0.25, 0.3) is 0 Å². The quantitative estimate of drug-likeness (QED) is 0.733. The Labute approximate surface area is 109 Å². The lowest BCUT2D eigenvalue weighted by Crippen LogP contribution is -2.40. The minimum absolute atomic E-state index is 0.0984. The van der Waals surface area contributed by atoms with Gasteiger partial charge >= 0.3 is 0 Å². The summed E-state index contributed by atoms with van der Waals surface area (Å²) < 4.78 is 6.57. The van der Waals surface area contributed by atoms with Crippen LogP contribution in [0.15, 0.2) is 15.9 Å². The highest BCUT2D eigenvalue weighted by Gasteiger charge is 2.37. The van der Waals surface area contributed by atoms with E-state index in [4.69, 9.17) is 4.74 Å². The van der Waals surface area contributed by atoms with Crippen LogP contribution < -0.4 is 0 Å². The van der Waals surface area contributed by atoms with E-state index < -0.39 is 5.60 Å². The van der Waals surface area contributed by atoms with Gasteiger partial charge in [0.05, 0.1) is 4.88 Å². The lowest BCUT2D eigenvalue weighted by atomic mass is 9.91. The van der Waals surface area contributed by atoms with Gasteiger partial charge in [0.15, 0.2) is 0 Å². The van der Waals surface area contributed by atoms with Crippen LogP contribution in [0.4, 0.5) is 0 Å². The molecular weight excluding hydrogens is 288 g/mol. The van der Waals surface area contributed by atoms with E-state index in [1.165, 1.54) is 11.3 Å². The summed E-state index contributed by atoms with van der Waals surface area (Å²) in [5, 5.41) is 1.92. The zero-order chi connectivity index (χ0) is 12.2. The summed E-state index contributed by atoms with van der Waals surface area (Å²) in [6.45, 7) is 6.49. The highest BCUT2D eigenvalue weighted by atomic mass is 79.9. The topological polar surface area (TPSA) is 26.3 Å². The normalized spacial score (nSPS) is 11.8. The summed E-state index contributed by atoms with van der Waals surface area (Å²) >= 11 is 4.87. The first kappa shape index (κ1) is 13.9. The summed E-state index contributed by atoms with van der Waals surface area (Å²) in [4.78, 5) is 13.2. The molecule has 0 aliphatic heterocycles. The van der Waals surface area contributed by atoms with Crippen molar-refractivity contribution in [1.82, 2.24) is 0 Å². The average Bonchev–Trinajstić information content (AvgIpc) is 2.71. The van der Waals surface area contributed by atoms with Gasteiger partial charge in [-0.1, -0.05) is 13.8 Å². The van der Waals surface area contributed by atoms with Gasteiger partial charge in [-0.05, 0) is 47.1 Å². The van der Waals surface area contributed by atoms with Crippen LogP contribution in [0, 0.1) is 0 Å². The third-order valence-electron chi connectivity index (χ3n) is 2.80. The maximum Gasteiger partial charge on any atom is 0.205 e. The monoisotopic (exact) mass is 304 g/mol. The molecule has 0 aliphatic carbocycles. The molecule has 4 heteroatoms. The number of Topliss-reactive ketones (excluding diaryl/α,β-unsaturated/α-hetero) is 1. The Kier molecular flexibility index (Phi) is 5.15. The van der Waals surface area contributed by atoms with E-state index in [0.717, 1.165) is 9.35 Å². The average molecular weight is 305 g/mol. The number of halogens is 1. The third kappa shape index (κ3) is 2.55. The summed E-state index contributed by atoms with van der Waals surface area (Å²) in [5.74, 6) is 0.0984. The molecule has 0 unspecified atom stereocenters. The van der Waals surface area contributed by atoms with Gasteiger partial charge in [-0.15, -0.1) is 11.3 Å². The molecule has 0 aromatic carbocycles. The predicted octanol–water partition coefficient (Wildman–Crippen LogP) is 4.29. The van der Waals surface area contributed by atoms with Gasteiger partial charge in [0.2, 0.25) is 5.78 Å². The molecule has 1 aromatic heterocycles. The zero-order valence-corrected chi connectivity index (χ0v) is 12.3. The van der Waals surface area contributed by atoms with Crippen molar-refractivity contribution >= 4 is 33.0 Å². The van der Waals surface area contributed by atoms with Crippen molar-refractivity contribution in [2.24, 2.45) is 0 Å². The maximum absolute atomic E-state index is 12.5. The van der Waals surface area contributed by atoms with E-state index in [1.807, 2.05) is 32.2 Å². The van der Waals surface area contributed by atoms with E-state index in [2.05, 4.69) is 15.9 Å². The van der Waals surface area contributed by atoms with Gasteiger partial charge in [0, 0.05) is 11.1 Å². The van der Waals surface area contributed by atoms with Crippen molar-refractivity contribution in [3.8, 4) is 0 Å². The molecule has 0 radical (unpaired) electrons. The fraction of sp³-hybridized carbons (Fsp3) is 0.583. The SMILES string of the molecule is CCOC(CC)(CC)C(=O)c1sccc1Br. The number of hydrogen-bond donors (Lipinski definition) is 0. The Hall–Kier alpha value is -0.190. The van der Waals surface area contributed by atoms with E-state index in [1.54, 1.807) is 0 Å². The van der Waals surface area contributed by atoms with Crippen molar-refractivity contribution < 1.29 is 9.53 Å². The predicted molar refractivity (Wildman–Crippen MR) is 71.3 cm³/mol.